The van der Waals surface area contributed by atoms with Crippen LogP contribution in [0.1, 0.15) is 16.6 Å². The zero-order valence-electron chi connectivity index (χ0n) is 7.24. The maximum Gasteiger partial charge on any atom is 0.249 e. The van der Waals surface area contributed by atoms with Crippen molar-refractivity contribution in [1.82, 2.24) is 4.72 Å². The standard InChI is InChI=1S/C7H10BrNO2S2/c1-5(8)6-3-4-7(12-6)13(10,11)9-2/h3-5,9H,1-2H3. The van der Waals surface area contributed by atoms with Gasteiger partial charge in [-0.05, 0) is 26.1 Å². The average Bonchev–Trinajstić information content (AvgIpc) is 2.52. The molecule has 0 aromatic carbocycles. The lowest BCUT2D eigenvalue weighted by Crippen LogP contribution is -2.17. The van der Waals surface area contributed by atoms with Crippen molar-refractivity contribution in [2.24, 2.45) is 0 Å². The summed E-state index contributed by atoms with van der Waals surface area (Å²) in [6.07, 6.45) is 0. The van der Waals surface area contributed by atoms with Crippen LogP contribution in [0.5, 0.6) is 0 Å². The predicted octanol–water partition coefficient (Wildman–Crippen LogP) is 2.11. The second-order valence-electron chi connectivity index (χ2n) is 2.48. The molecule has 1 aromatic heterocycles. The number of hydrogen-bond acceptors (Lipinski definition) is 3. The molecule has 0 radical (unpaired) electrons. The van der Waals surface area contributed by atoms with Gasteiger partial charge in [-0.3, -0.25) is 0 Å². The minimum absolute atomic E-state index is 0.193. The molecule has 0 fully saturated rings. The molecule has 0 bridgehead atoms. The molecule has 13 heavy (non-hydrogen) atoms. The van der Waals surface area contributed by atoms with Gasteiger partial charge >= 0.3 is 0 Å². The number of sulfonamides is 1. The van der Waals surface area contributed by atoms with Crippen molar-refractivity contribution in [2.45, 2.75) is 16.0 Å². The van der Waals surface area contributed by atoms with Crippen LogP contribution < -0.4 is 4.72 Å². The van der Waals surface area contributed by atoms with Gasteiger partial charge in [0.15, 0.2) is 0 Å². The summed E-state index contributed by atoms with van der Waals surface area (Å²) in [7, 11) is -1.85. The second kappa shape index (κ2) is 4.08. The number of hydrogen-bond donors (Lipinski definition) is 1. The molecule has 1 heterocycles. The highest BCUT2D eigenvalue weighted by Gasteiger charge is 2.15. The number of nitrogens with one attached hydrogen (secondary N) is 1. The number of halogens is 1. The second-order valence-corrected chi connectivity index (χ2v) is 7.08. The third-order valence-electron chi connectivity index (χ3n) is 1.53. The Morgan fingerprint density at radius 2 is 2.15 bits per heavy atom. The fourth-order valence-corrected chi connectivity index (χ4v) is 3.32. The summed E-state index contributed by atoms with van der Waals surface area (Å²) in [6.45, 7) is 1.96. The van der Waals surface area contributed by atoms with Crippen molar-refractivity contribution in [3.8, 4) is 0 Å². The van der Waals surface area contributed by atoms with E-state index in [1.165, 1.54) is 18.4 Å². The number of rotatable bonds is 3. The van der Waals surface area contributed by atoms with E-state index in [-0.39, 0.29) is 4.83 Å². The smallest absolute Gasteiger partial charge is 0.214 e. The van der Waals surface area contributed by atoms with Gasteiger partial charge in [0.25, 0.3) is 0 Å². The van der Waals surface area contributed by atoms with Gasteiger partial charge in [0, 0.05) is 9.70 Å². The molecule has 1 unspecified atom stereocenters. The van der Waals surface area contributed by atoms with Crippen LogP contribution in [0.3, 0.4) is 0 Å². The van der Waals surface area contributed by atoms with Gasteiger partial charge in [-0.1, -0.05) is 15.9 Å². The van der Waals surface area contributed by atoms with Crippen LogP contribution in [0.15, 0.2) is 16.3 Å². The van der Waals surface area contributed by atoms with Crippen LogP contribution in [0, 0.1) is 0 Å². The third kappa shape index (κ3) is 2.52. The Kier molecular flexibility index (Phi) is 3.50. The Morgan fingerprint density at radius 3 is 2.54 bits per heavy atom. The van der Waals surface area contributed by atoms with Gasteiger partial charge in [-0.2, -0.15) is 0 Å². The van der Waals surface area contributed by atoms with Crippen molar-refractivity contribution in [2.75, 3.05) is 7.05 Å². The molecule has 0 amide bonds. The predicted molar refractivity (Wildman–Crippen MR) is 57.9 cm³/mol. The van der Waals surface area contributed by atoms with E-state index in [0.717, 1.165) is 4.88 Å². The van der Waals surface area contributed by atoms with Crippen molar-refractivity contribution in [3.63, 3.8) is 0 Å². The highest BCUT2D eigenvalue weighted by molar-refractivity contribution is 9.09. The first-order valence-corrected chi connectivity index (χ1v) is 6.86. The molecular formula is C7H10BrNO2S2. The first-order chi connectivity index (χ1) is 5.97. The Hall–Kier alpha value is 0.0900. The van der Waals surface area contributed by atoms with Gasteiger partial charge in [-0.15, -0.1) is 11.3 Å². The molecule has 3 nitrogen and oxygen atoms in total. The largest absolute Gasteiger partial charge is 0.249 e. The lowest BCUT2D eigenvalue weighted by Gasteiger charge is -1.98. The molecule has 0 saturated heterocycles. The summed E-state index contributed by atoms with van der Waals surface area (Å²) in [4.78, 5) is 1.20. The van der Waals surface area contributed by atoms with Gasteiger partial charge in [0.1, 0.15) is 4.21 Å². The Balaban J connectivity index is 3.06. The zero-order valence-corrected chi connectivity index (χ0v) is 10.5. The molecule has 1 aromatic rings. The fourth-order valence-electron chi connectivity index (χ4n) is 0.793. The summed E-state index contributed by atoms with van der Waals surface area (Å²) >= 11 is 4.65. The Labute approximate surface area is 90.3 Å². The summed E-state index contributed by atoms with van der Waals surface area (Å²) in [5, 5.41) is 0. The van der Waals surface area contributed by atoms with E-state index in [9.17, 15) is 8.42 Å². The molecule has 1 N–H and O–H groups in total. The van der Waals surface area contributed by atoms with Crippen molar-refractivity contribution < 1.29 is 8.42 Å². The minimum atomic E-state index is -3.26. The van der Waals surface area contributed by atoms with Crippen molar-refractivity contribution >= 4 is 37.3 Å². The molecule has 0 saturated carbocycles. The number of thiophene rings is 1. The lowest BCUT2D eigenvalue weighted by molar-refractivity contribution is 0.590. The van der Waals surface area contributed by atoms with E-state index in [1.54, 1.807) is 6.07 Å². The van der Waals surface area contributed by atoms with Crippen LogP contribution in [0.2, 0.25) is 0 Å². The maximum absolute atomic E-state index is 11.3. The highest BCUT2D eigenvalue weighted by atomic mass is 79.9. The molecular weight excluding hydrogens is 274 g/mol. The quantitative estimate of drug-likeness (QED) is 0.864. The average molecular weight is 284 g/mol. The van der Waals surface area contributed by atoms with Crippen molar-refractivity contribution in [3.05, 3.63) is 17.0 Å². The Morgan fingerprint density at radius 1 is 1.54 bits per heavy atom. The lowest BCUT2D eigenvalue weighted by atomic mass is 10.4. The van der Waals surface area contributed by atoms with Gasteiger partial charge in [0.05, 0.1) is 0 Å². The number of alkyl halides is 1. The summed E-state index contributed by atoms with van der Waals surface area (Å²) < 4.78 is 25.3. The normalized spacial score (nSPS) is 14.4. The fraction of sp³-hybridized carbons (Fsp3) is 0.429. The van der Waals surface area contributed by atoms with E-state index < -0.39 is 10.0 Å². The van der Waals surface area contributed by atoms with E-state index >= 15 is 0 Å². The van der Waals surface area contributed by atoms with E-state index in [4.69, 9.17) is 0 Å². The zero-order chi connectivity index (χ0) is 10.1. The van der Waals surface area contributed by atoms with Crippen LogP contribution in [0.25, 0.3) is 0 Å². The van der Waals surface area contributed by atoms with Crippen LogP contribution in [-0.4, -0.2) is 15.5 Å². The summed E-state index contributed by atoms with van der Waals surface area (Å²) in [5.41, 5.74) is 0. The topological polar surface area (TPSA) is 46.2 Å². The highest BCUT2D eigenvalue weighted by Crippen LogP contribution is 2.30. The van der Waals surface area contributed by atoms with Crippen LogP contribution >= 0.6 is 27.3 Å². The first kappa shape index (κ1) is 11.2. The summed E-state index contributed by atoms with van der Waals surface area (Å²) in [5.74, 6) is 0. The molecule has 74 valence electrons. The minimum Gasteiger partial charge on any atom is -0.214 e. The van der Waals surface area contributed by atoms with E-state index in [2.05, 4.69) is 20.7 Å². The van der Waals surface area contributed by atoms with Gasteiger partial charge in [0.2, 0.25) is 10.0 Å². The van der Waals surface area contributed by atoms with E-state index in [0.29, 0.717) is 4.21 Å². The monoisotopic (exact) mass is 283 g/mol. The molecule has 0 spiro atoms. The molecule has 0 aliphatic rings. The molecule has 0 aliphatic carbocycles. The molecule has 6 heteroatoms. The maximum atomic E-state index is 11.3. The molecule has 0 aliphatic heterocycles. The first-order valence-electron chi connectivity index (χ1n) is 3.64. The molecule has 1 atom stereocenters. The van der Waals surface area contributed by atoms with Crippen molar-refractivity contribution in [1.29, 1.82) is 0 Å². The van der Waals surface area contributed by atoms with Gasteiger partial charge < -0.3 is 0 Å². The molecule has 1 rings (SSSR count). The summed E-state index contributed by atoms with van der Waals surface area (Å²) in [6, 6.07) is 3.43. The van der Waals surface area contributed by atoms with E-state index in [1.807, 2.05) is 13.0 Å². The van der Waals surface area contributed by atoms with Crippen LogP contribution in [0.4, 0.5) is 0 Å². The SMILES string of the molecule is CNS(=O)(=O)c1ccc(C(C)Br)s1. The van der Waals surface area contributed by atoms with Gasteiger partial charge in [-0.25, -0.2) is 13.1 Å². The Bertz CT molecular complexity index is 383. The third-order valence-corrected chi connectivity index (χ3v) is 5.50. The van der Waals surface area contributed by atoms with Crippen LogP contribution in [-0.2, 0) is 10.0 Å².